The van der Waals surface area contributed by atoms with E-state index in [1.165, 1.54) is 11.8 Å². The maximum Gasteiger partial charge on any atom is 0.266 e. The molecule has 1 aliphatic rings. The summed E-state index contributed by atoms with van der Waals surface area (Å²) in [6.45, 7) is 0.418. The van der Waals surface area contributed by atoms with E-state index in [4.69, 9.17) is 12.2 Å². The standard InChI is InChI=1S/C19H16BrN3O2S2/c20-14-5-1-4-13(10-14)11-16-18(25)23(19(26)27-16)9-3-7-17(24)22-15-6-2-8-21-12-15/h1-2,4-6,8,10-12H,3,7,9H2,(H,22,24). The average molecular weight is 462 g/mol. The molecule has 2 aromatic rings. The van der Waals surface area contributed by atoms with Gasteiger partial charge in [0, 0.05) is 23.6 Å². The summed E-state index contributed by atoms with van der Waals surface area (Å²) in [5.74, 6) is -0.226. The fourth-order valence-electron chi connectivity index (χ4n) is 2.50. The van der Waals surface area contributed by atoms with Gasteiger partial charge in [-0.3, -0.25) is 19.5 Å². The fraction of sp³-hybridized carbons (Fsp3) is 0.158. The van der Waals surface area contributed by atoms with Crippen LogP contribution in [0.3, 0.4) is 0 Å². The first-order valence-corrected chi connectivity index (χ1v) is 10.3. The van der Waals surface area contributed by atoms with Gasteiger partial charge in [0.1, 0.15) is 4.32 Å². The molecule has 1 fully saturated rings. The Bertz CT molecular complexity index is 903. The normalized spacial score (nSPS) is 15.4. The average Bonchev–Trinajstić information content (AvgIpc) is 2.90. The number of hydrogen-bond acceptors (Lipinski definition) is 5. The summed E-state index contributed by atoms with van der Waals surface area (Å²) in [6, 6.07) is 11.2. The van der Waals surface area contributed by atoms with Crippen molar-refractivity contribution in [3.05, 3.63) is 63.7 Å². The van der Waals surface area contributed by atoms with Crippen molar-refractivity contribution < 1.29 is 9.59 Å². The molecule has 0 atom stereocenters. The van der Waals surface area contributed by atoms with Crippen molar-refractivity contribution in [1.82, 2.24) is 9.88 Å². The Kier molecular flexibility index (Phi) is 6.76. The highest BCUT2D eigenvalue weighted by Crippen LogP contribution is 2.33. The van der Waals surface area contributed by atoms with Gasteiger partial charge in [0.25, 0.3) is 5.91 Å². The second-order valence-corrected chi connectivity index (χ2v) is 8.37. The van der Waals surface area contributed by atoms with Gasteiger partial charge < -0.3 is 5.32 Å². The minimum atomic E-state index is -0.113. The van der Waals surface area contributed by atoms with Gasteiger partial charge in [-0.05, 0) is 42.3 Å². The smallest absolute Gasteiger partial charge is 0.266 e. The van der Waals surface area contributed by atoms with E-state index in [1.807, 2.05) is 30.3 Å². The molecule has 0 saturated carbocycles. The van der Waals surface area contributed by atoms with Gasteiger partial charge in [0.2, 0.25) is 5.91 Å². The number of carbonyl (C=O) groups is 2. The molecule has 2 amide bonds. The fourth-order valence-corrected chi connectivity index (χ4v) is 4.22. The molecule has 1 aromatic carbocycles. The number of thiocarbonyl (C=S) groups is 1. The highest BCUT2D eigenvalue weighted by molar-refractivity contribution is 9.10. The Morgan fingerprint density at radius 1 is 1.33 bits per heavy atom. The second-order valence-electron chi connectivity index (χ2n) is 5.78. The number of thioether (sulfide) groups is 1. The number of rotatable bonds is 6. The molecule has 0 unspecified atom stereocenters. The molecule has 3 rings (SSSR count). The maximum absolute atomic E-state index is 12.6. The lowest BCUT2D eigenvalue weighted by molar-refractivity contribution is -0.122. The van der Waals surface area contributed by atoms with Gasteiger partial charge in [0.05, 0.1) is 16.8 Å². The topological polar surface area (TPSA) is 62.3 Å². The van der Waals surface area contributed by atoms with Crippen molar-refractivity contribution in [2.75, 3.05) is 11.9 Å². The molecule has 0 aliphatic carbocycles. The van der Waals surface area contributed by atoms with Crippen molar-refractivity contribution in [3.63, 3.8) is 0 Å². The minimum Gasteiger partial charge on any atom is -0.325 e. The predicted molar refractivity (Wildman–Crippen MR) is 116 cm³/mol. The molecule has 1 N–H and O–H groups in total. The zero-order chi connectivity index (χ0) is 19.2. The molecule has 0 radical (unpaired) electrons. The Hall–Kier alpha value is -2.03. The molecule has 138 valence electrons. The van der Waals surface area contributed by atoms with E-state index in [-0.39, 0.29) is 11.8 Å². The minimum absolute atomic E-state index is 0.113. The van der Waals surface area contributed by atoms with E-state index in [0.717, 1.165) is 10.0 Å². The van der Waals surface area contributed by atoms with E-state index < -0.39 is 0 Å². The van der Waals surface area contributed by atoms with Gasteiger partial charge >= 0.3 is 0 Å². The van der Waals surface area contributed by atoms with Gasteiger partial charge in [-0.15, -0.1) is 0 Å². The largest absolute Gasteiger partial charge is 0.325 e. The number of nitrogens with zero attached hydrogens (tertiary/aromatic N) is 2. The summed E-state index contributed by atoms with van der Waals surface area (Å²) in [5.41, 5.74) is 1.59. The molecular formula is C19H16BrN3O2S2. The van der Waals surface area contributed by atoms with E-state index in [2.05, 4.69) is 26.2 Å². The summed E-state index contributed by atoms with van der Waals surface area (Å²) in [4.78, 5) is 30.7. The van der Waals surface area contributed by atoms with Crippen LogP contribution < -0.4 is 5.32 Å². The Labute approximate surface area is 175 Å². The zero-order valence-electron chi connectivity index (χ0n) is 14.2. The molecule has 5 nitrogen and oxygen atoms in total. The van der Waals surface area contributed by atoms with Crippen LogP contribution >= 0.6 is 39.9 Å². The number of pyridine rings is 1. The van der Waals surface area contributed by atoms with Crippen LogP contribution in [0, 0.1) is 0 Å². The third kappa shape index (κ3) is 5.47. The Balaban J connectivity index is 1.54. The number of halogens is 1. The van der Waals surface area contributed by atoms with E-state index in [0.29, 0.717) is 34.3 Å². The highest BCUT2D eigenvalue weighted by Gasteiger charge is 2.31. The Morgan fingerprint density at radius 2 is 2.19 bits per heavy atom. The first-order valence-electron chi connectivity index (χ1n) is 8.24. The highest BCUT2D eigenvalue weighted by atomic mass is 79.9. The van der Waals surface area contributed by atoms with Crippen LogP contribution in [-0.4, -0.2) is 32.6 Å². The first-order chi connectivity index (χ1) is 13.0. The van der Waals surface area contributed by atoms with Gasteiger partial charge in [0.15, 0.2) is 0 Å². The van der Waals surface area contributed by atoms with Gasteiger partial charge in [-0.1, -0.05) is 52.0 Å². The lowest BCUT2D eigenvalue weighted by atomic mass is 10.2. The van der Waals surface area contributed by atoms with Crippen molar-refractivity contribution in [2.45, 2.75) is 12.8 Å². The number of anilines is 1. The summed E-state index contributed by atoms with van der Waals surface area (Å²) >= 11 is 10.0. The number of carbonyl (C=O) groups excluding carboxylic acids is 2. The van der Waals surface area contributed by atoms with Gasteiger partial charge in [-0.2, -0.15) is 0 Å². The number of amides is 2. The van der Waals surface area contributed by atoms with E-state index in [1.54, 1.807) is 29.4 Å². The summed E-state index contributed by atoms with van der Waals surface area (Å²) in [6.07, 6.45) is 5.90. The van der Waals surface area contributed by atoms with Crippen LogP contribution in [0.4, 0.5) is 5.69 Å². The van der Waals surface area contributed by atoms with Crippen LogP contribution in [0.25, 0.3) is 6.08 Å². The molecule has 1 aliphatic heterocycles. The number of benzene rings is 1. The molecule has 0 bridgehead atoms. The third-order valence-electron chi connectivity index (χ3n) is 3.75. The van der Waals surface area contributed by atoms with E-state index >= 15 is 0 Å². The van der Waals surface area contributed by atoms with Crippen molar-refractivity contribution in [1.29, 1.82) is 0 Å². The lowest BCUT2D eigenvalue weighted by Gasteiger charge is -2.14. The second kappa shape index (κ2) is 9.25. The van der Waals surface area contributed by atoms with Crippen LogP contribution in [0.1, 0.15) is 18.4 Å². The van der Waals surface area contributed by atoms with Crippen LogP contribution in [0.5, 0.6) is 0 Å². The van der Waals surface area contributed by atoms with E-state index in [9.17, 15) is 9.59 Å². The molecule has 8 heteroatoms. The number of hydrogen-bond donors (Lipinski definition) is 1. The van der Waals surface area contributed by atoms with Crippen molar-refractivity contribution >= 4 is 67.8 Å². The number of nitrogens with one attached hydrogen (secondary N) is 1. The van der Waals surface area contributed by atoms with Crippen LogP contribution in [0.2, 0.25) is 0 Å². The quantitative estimate of drug-likeness (QED) is 0.507. The molecule has 2 heterocycles. The van der Waals surface area contributed by atoms with Crippen LogP contribution in [-0.2, 0) is 9.59 Å². The Morgan fingerprint density at radius 3 is 2.93 bits per heavy atom. The third-order valence-corrected chi connectivity index (χ3v) is 5.62. The summed E-state index contributed by atoms with van der Waals surface area (Å²) in [7, 11) is 0. The van der Waals surface area contributed by atoms with Gasteiger partial charge in [-0.25, -0.2) is 0 Å². The summed E-state index contributed by atoms with van der Waals surface area (Å²) in [5, 5.41) is 2.78. The van der Waals surface area contributed by atoms with Crippen LogP contribution in [0.15, 0.2) is 58.2 Å². The summed E-state index contributed by atoms with van der Waals surface area (Å²) < 4.78 is 1.47. The molecule has 0 spiro atoms. The zero-order valence-corrected chi connectivity index (χ0v) is 17.4. The SMILES string of the molecule is O=C(CCCN1C(=O)C(=Cc2cccc(Br)c2)SC1=S)Nc1cccnc1. The molecule has 27 heavy (non-hydrogen) atoms. The van der Waals surface area contributed by atoms with Crippen molar-refractivity contribution in [2.24, 2.45) is 0 Å². The predicted octanol–water partition coefficient (Wildman–Crippen LogP) is 4.46. The molecule has 1 saturated heterocycles. The number of aromatic nitrogens is 1. The first kappa shape index (κ1) is 19.7. The monoisotopic (exact) mass is 461 g/mol. The molecular weight excluding hydrogens is 446 g/mol. The lowest BCUT2D eigenvalue weighted by Crippen LogP contribution is -2.29. The maximum atomic E-state index is 12.6. The van der Waals surface area contributed by atoms with Crippen molar-refractivity contribution in [3.8, 4) is 0 Å². The molecule has 1 aromatic heterocycles.